The van der Waals surface area contributed by atoms with E-state index in [2.05, 4.69) is 9.94 Å². The molecular weight excluding hydrogens is 456 g/mol. The predicted molar refractivity (Wildman–Crippen MR) is 118 cm³/mol. The van der Waals surface area contributed by atoms with Crippen molar-refractivity contribution < 1.29 is 14.0 Å². The number of amides is 2. The van der Waals surface area contributed by atoms with Gasteiger partial charge in [-0.1, -0.05) is 41.4 Å². The molecule has 7 nitrogen and oxygen atoms in total. The lowest BCUT2D eigenvalue weighted by Crippen LogP contribution is -2.40. The van der Waals surface area contributed by atoms with Crippen LogP contribution in [0, 0.1) is 12.4 Å². The number of carbonyl (C=O) groups is 2. The molecule has 0 bridgehead atoms. The molecule has 0 radical (unpaired) electrons. The van der Waals surface area contributed by atoms with E-state index < -0.39 is 11.7 Å². The van der Waals surface area contributed by atoms with Gasteiger partial charge in [0.25, 0.3) is 5.91 Å². The van der Waals surface area contributed by atoms with Crippen LogP contribution in [0.3, 0.4) is 0 Å². The van der Waals surface area contributed by atoms with Gasteiger partial charge in [-0.3, -0.25) is 14.3 Å². The number of rotatable bonds is 4. The molecule has 0 fully saturated rings. The van der Waals surface area contributed by atoms with Gasteiger partial charge < -0.3 is 10.6 Å². The van der Waals surface area contributed by atoms with Gasteiger partial charge in [0.1, 0.15) is 11.5 Å². The molecule has 10 heteroatoms. The molecule has 0 saturated carbocycles. The van der Waals surface area contributed by atoms with Crippen molar-refractivity contribution >= 4 is 40.7 Å². The number of fused-ring (bicyclic) bond motifs is 1. The summed E-state index contributed by atoms with van der Waals surface area (Å²) in [5, 5.41) is 4.67. The molecule has 0 spiro atoms. The van der Waals surface area contributed by atoms with E-state index in [-0.39, 0.29) is 29.5 Å². The van der Waals surface area contributed by atoms with Crippen molar-refractivity contribution in [3.05, 3.63) is 80.5 Å². The third-order valence-electron chi connectivity index (χ3n) is 5.26. The summed E-state index contributed by atoms with van der Waals surface area (Å²) >= 11 is 12.0. The van der Waals surface area contributed by atoms with Crippen molar-refractivity contribution in [1.29, 1.82) is 0 Å². The maximum atomic E-state index is 13.6. The highest BCUT2D eigenvalue weighted by atomic mass is 35.5. The van der Waals surface area contributed by atoms with Crippen LogP contribution in [0.2, 0.25) is 10.0 Å². The van der Waals surface area contributed by atoms with Crippen molar-refractivity contribution in [3.63, 3.8) is 0 Å². The van der Waals surface area contributed by atoms with E-state index in [9.17, 15) is 14.0 Å². The predicted octanol–water partition coefficient (Wildman–Crippen LogP) is 4.23. The van der Waals surface area contributed by atoms with E-state index in [1.165, 1.54) is 18.2 Å². The second-order valence-electron chi connectivity index (χ2n) is 7.28. The first-order chi connectivity index (χ1) is 15.3. The maximum absolute atomic E-state index is 13.6. The Bertz CT molecular complexity index is 1300. The van der Waals surface area contributed by atoms with Gasteiger partial charge >= 0.3 is 0 Å². The molecule has 2 N–H and O–H groups in total. The number of nitrogens with zero attached hydrogens (tertiary/aromatic N) is 4. The van der Waals surface area contributed by atoms with E-state index in [4.69, 9.17) is 35.5 Å². The monoisotopic (exact) mass is 471 g/mol. The molecule has 0 saturated heterocycles. The Hall–Kier alpha value is -3.41. The molecule has 3 aromatic rings. The van der Waals surface area contributed by atoms with Crippen molar-refractivity contribution in [2.24, 2.45) is 5.73 Å². The Morgan fingerprint density at radius 3 is 2.59 bits per heavy atom. The zero-order chi connectivity index (χ0) is 23.0. The smallest absolute Gasteiger partial charge is 0.252 e. The number of aromatic nitrogens is 2. The number of primary amides is 1. The SMILES string of the molecule is [C-]#[N+]c1ccc(CC(=O)N2CCn3nc(-c4ccc(F)c(Cl)c4)c(C(N)=O)c3C2)cc1Cl. The van der Waals surface area contributed by atoms with Crippen LogP contribution in [-0.4, -0.2) is 33.0 Å². The van der Waals surface area contributed by atoms with Crippen LogP contribution in [0.25, 0.3) is 16.1 Å². The van der Waals surface area contributed by atoms with E-state index in [0.717, 1.165) is 0 Å². The van der Waals surface area contributed by atoms with E-state index >= 15 is 0 Å². The molecule has 1 aliphatic rings. The molecule has 1 aromatic heterocycles. The Kier molecular flexibility index (Phi) is 5.87. The molecule has 0 unspecified atom stereocenters. The molecule has 2 amide bonds. The van der Waals surface area contributed by atoms with Crippen LogP contribution in [0.5, 0.6) is 0 Å². The van der Waals surface area contributed by atoms with Gasteiger partial charge in [0.2, 0.25) is 11.6 Å². The van der Waals surface area contributed by atoms with Crippen molar-refractivity contribution in [3.8, 4) is 11.3 Å². The quantitative estimate of drug-likeness (QED) is 0.577. The zero-order valence-corrected chi connectivity index (χ0v) is 18.1. The molecule has 4 rings (SSSR count). The number of carbonyl (C=O) groups excluding carboxylic acids is 2. The van der Waals surface area contributed by atoms with Crippen LogP contribution in [-0.2, 0) is 24.3 Å². The van der Waals surface area contributed by atoms with Crippen LogP contribution in [0.1, 0.15) is 21.6 Å². The third kappa shape index (κ3) is 4.05. The highest BCUT2D eigenvalue weighted by Crippen LogP contribution is 2.31. The summed E-state index contributed by atoms with van der Waals surface area (Å²) in [6, 6.07) is 8.93. The van der Waals surface area contributed by atoms with E-state index in [1.807, 2.05) is 0 Å². The Labute approximate surface area is 192 Å². The molecule has 2 aromatic carbocycles. The molecular formula is C22H16Cl2FN5O2. The highest BCUT2D eigenvalue weighted by molar-refractivity contribution is 6.33. The fourth-order valence-electron chi connectivity index (χ4n) is 3.67. The van der Waals surface area contributed by atoms with E-state index in [0.29, 0.717) is 46.3 Å². The molecule has 2 heterocycles. The van der Waals surface area contributed by atoms with Crippen molar-refractivity contribution in [2.45, 2.75) is 19.5 Å². The fraction of sp³-hybridized carbons (Fsp3) is 0.182. The van der Waals surface area contributed by atoms with Gasteiger partial charge in [-0.25, -0.2) is 9.24 Å². The fourth-order valence-corrected chi connectivity index (χ4v) is 4.10. The minimum absolute atomic E-state index is 0.0939. The van der Waals surface area contributed by atoms with Gasteiger partial charge in [-0.2, -0.15) is 5.10 Å². The van der Waals surface area contributed by atoms with Crippen LogP contribution in [0.4, 0.5) is 10.1 Å². The van der Waals surface area contributed by atoms with Crippen LogP contribution >= 0.6 is 23.2 Å². The summed E-state index contributed by atoms with van der Waals surface area (Å²) < 4.78 is 15.2. The normalized spacial score (nSPS) is 12.9. The summed E-state index contributed by atoms with van der Waals surface area (Å²) in [6.45, 7) is 7.97. The molecule has 0 aliphatic carbocycles. The first-order valence-corrected chi connectivity index (χ1v) is 10.3. The summed E-state index contributed by atoms with van der Waals surface area (Å²) in [4.78, 5) is 30.1. The maximum Gasteiger partial charge on any atom is 0.252 e. The van der Waals surface area contributed by atoms with Gasteiger partial charge in [0.05, 0.1) is 42.4 Å². The van der Waals surface area contributed by atoms with Gasteiger partial charge in [0, 0.05) is 17.1 Å². The lowest BCUT2D eigenvalue weighted by molar-refractivity contribution is -0.132. The highest BCUT2D eigenvalue weighted by Gasteiger charge is 2.29. The largest absolute Gasteiger partial charge is 0.365 e. The first kappa shape index (κ1) is 21.8. The van der Waals surface area contributed by atoms with E-state index in [1.54, 1.807) is 27.8 Å². The number of nitrogens with two attached hydrogens (primary N) is 1. The average molecular weight is 472 g/mol. The lowest BCUT2D eigenvalue weighted by atomic mass is 10.0. The Morgan fingerprint density at radius 1 is 1.16 bits per heavy atom. The van der Waals surface area contributed by atoms with Crippen molar-refractivity contribution in [2.75, 3.05) is 6.54 Å². The summed E-state index contributed by atoms with van der Waals surface area (Å²) in [5.74, 6) is -1.44. The summed E-state index contributed by atoms with van der Waals surface area (Å²) in [6.07, 6.45) is 0.0957. The van der Waals surface area contributed by atoms with Gasteiger partial charge in [0.15, 0.2) is 0 Å². The van der Waals surface area contributed by atoms with Crippen LogP contribution < -0.4 is 5.73 Å². The Balaban J connectivity index is 1.61. The number of hydrogen-bond acceptors (Lipinski definition) is 3. The second kappa shape index (κ2) is 8.61. The number of hydrogen-bond donors (Lipinski definition) is 1. The summed E-state index contributed by atoms with van der Waals surface area (Å²) in [5.41, 5.74) is 8.08. The van der Waals surface area contributed by atoms with Gasteiger partial charge in [-0.05, 0) is 23.8 Å². The Morgan fingerprint density at radius 2 is 1.94 bits per heavy atom. The number of halogens is 3. The minimum Gasteiger partial charge on any atom is -0.365 e. The molecule has 0 atom stereocenters. The second-order valence-corrected chi connectivity index (χ2v) is 8.09. The number of benzene rings is 2. The third-order valence-corrected chi connectivity index (χ3v) is 5.85. The lowest BCUT2D eigenvalue weighted by Gasteiger charge is -2.28. The minimum atomic E-state index is -0.697. The zero-order valence-electron chi connectivity index (χ0n) is 16.6. The molecule has 32 heavy (non-hydrogen) atoms. The standard InChI is InChI=1S/C22H16Cl2FN5O2/c1-27-17-5-2-12(8-15(17)24)9-19(31)29-6-7-30-18(11-29)20(22(26)32)21(28-30)13-3-4-16(25)14(23)10-13/h2-5,8,10H,6-7,9,11H2,(H2,26,32). The van der Waals surface area contributed by atoms with Crippen molar-refractivity contribution in [1.82, 2.24) is 14.7 Å². The summed E-state index contributed by atoms with van der Waals surface area (Å²) in [7, 11) is 0. The average Bonchev–Trinajstić information content (AvgIpc) is 3.14. The topological polar surface area (TPSA) is 85.6 Å². The molecule has 1 aliphatic heterocycles. The first-order valence-electron chi connectivity index (χ1n) is 9.57. The molecule has 162 valence electrons. The van der Waals surface area contributed by atoms with Gasteiger partial charge in [-0.15, -0.1) is 0 Å². The van der Waals surface area contributed by atoms with Crippen LogP contribution in [0.15, 0.2) is 36.4 Å².